The summed E-state index contributed by atoms with van der Waals surface area (Å²) in [6.07, 6.45) is 6.56. The molecule has 0 amide bonds. The van der Waals surface area contributed by atoms with Gasteiger partial charge in [-0.15, -0.1) is 0 Å². The standard InChI is InChI=1S/C12H24O3/c1-3-4-5-12(13)10-6-7-11(8-10)15-9-14-2/h10-13H,3-9H2,1-2H3/t10-,11-,12?/m0/s1. The topological polar surface area (TPSA) is 38.7 Å². The number of methoxy groups -OCH3 is 1. The molecule has 1 fully saturated rings. The van der Waals surface area contributed by atoms with E-state index in [2.05, 4.69) is 6.92 Å². The van der Waals surface area contributed by atoms with E-state index in [9.17, 15) is 5.11 Å². The zero-order chi connectivity index (χ0) is 11.1. The summed E-state index contributed by atoms with van der Waals surface area (Å²) in [6.45, 7) is 2.54. The molecule has 0 heterocycles. The number of ether oxygens (including phenoxy) is 2. The minimum absolute atomic E-state index is 0.124. The van der Waals surface area contributed by atoms with Crippen molar-refractivity contribution >= 4 is 0 Å². The van der Waals surface area contributed by atoms with Crippen molar-refractivity contribution in [3.63, 3.8) is 0 Å². The van der Waals surface area contributed by atoms with Crippen LogP contribution in [-0.4, -0.2) is 31.2 Å². The van der Waals surface area contributed by atoms with Gasteiger partial charge in [-0.05, 0) is 31.6 Å². The van der Waals surface area contributed by atoms with Gasteiger partial charge in [-0.1, -0.05) is 19.8 Å². The van der Waals surface area contributed by atoms with Crippen LogP contribution < -0.4 is 0 Å². The van der Waals surface area contributed by atoms with Crippen LogP contribution in [0.25, 0.3) is 0 Å². The molecule has 15 heavy (non-hydrogen) atoms. The Kier molecular flexibility index (Phi) is 6.22. The van der Waals surface area contributed by atoms with Gasteiger partial charge in [0.15, 0.2) is 0 Å². The minimum Gasteiger partial charge on any atom is -0.393 e. The average Bonchev–Trinajstić information content (AvgIpc) is 2.71. The highest BCUT2D eigenvalue weighted by molar-refractivity contribution is 4.80. The van der Waals surface area contributed by atoms with Gasteiger partial charge in [0.2, 0.25) is 0 Å². The molecule has 0 aromatic heterocycles. The van der Waals surface area contributed by atoms with Gasteiger partial charge in [0.1, 0.15) is 6.79 Å². The lowest BCUT2D eigenvalue weighted by atomic mass is 9.96. The summed E-state index contributed by atoms with van der Waals surface area (Å²) >= 11 is 0. The minimum atomic E-state index is -0.124. The van der Waals surface area contributed by atoms with E-state index in [-0.39, 0.29) is 6.10 Å². The first-order valence-corrected chi connectivity index (χ1v) is 6.06. The largest absolute Gasteiger partial charge is 0.393 e. The van der Waals surface area contributed by atoms with Crippen molar-refractivity contribution in [3.05, 3.63) is 0 Å². The first kappa shape index (κ1) is 12.9. The van der Waals surface area contributed by atoms with Gasteiger partial charge in [0, 0.05) is 7.11 Å². The quantitative estimate of drug-likeness (QED) is 0.664. The highest BCUT2D eigenvalue weighted by Crippen LogP contribution is 2.31. The van der Waals surface area contributed by atoms with E-state index < -0.39 is 0 Å². The average molecular weight is 216 g/mol. The number of hydrogen-bond donors (Lipinski definition) is 1. The third-order valence-corrected chi connectivity index (χ3v) is 3.24. The fourth-order valence-electron chi connectivity index (χ4n) is 2.29. The molecule has 0 spiro atoms. The molecule has 0 saturated heterocycles. The molecule has 1 saturated carbocycles. The van der Waals surface area contributed by atoms with Crippen LogP contribution in [0.1, 0.15) is 45.4 Å². The molecular weight excluding hydrogens is 192 g/mol. The molecule has 3 nitrogen and oxygen atoms in total. The molecule has 0 bridgehead atoms. The zero-order valence-corrected chi connectivity index (χ0v) is 9.95. The smallest absolute Gasteiger partial charge is 0.146 e. The molecule has 1 unspecified atom stereocenters. The SMILES string of the molecule is CCCCC(O)[C@H]1CC[C@H](OCOC)C1. The Balaban J connectivity index is 2.17. The van der Waals surface area contributed by atoms with Crippen LogP contribution in [0.5, 0.6) is 0 Å². The molecule has 0 aromatic carbocycles. The van der Waals surface area contributed by atoms with Crippen LogP contribution in [0.2, 0.25) is 0 Å². The predicted octanol–water partition coefficient (Wildman–Crippen LogP) is 2.33. The van der Waals surface area contributed by atoms with Crippen LogP contribution in [0.3, 0.4) is 0 Å². The van der Waals surface area contributed by atoms with Crippen molar-refractivity contribution in [2.24, 2.45) is 5.92 Å². The van der Waals surface area contributed by atoms with E-state index in [1.54, 1.807) is 7.11 Å². The molecule has 3 atom stereocenters. The Hall–Kier alpha value is -0.120. The number of aliphatic hydroxyl groups excluding tert-OH is 1. The fraction of sp³-hybridized carbons (Fsp3) is 1.00. The summed E-state index contributed by atoms with van der Waals surface area (Å²) in [6, 6.07) is 0. The van der Waals surface area contributed by atoms with Gasteiger partial charge < -0.3 is 14.6 Å². The van der Waals surface area contributed by atoms with Gasteiger partial charge >= 0.3 is 0 Å². The van der Waals surface area contributed by atoms with Gasteiger partial charge in [0.05, 0.1) is 12.2 Å². The molecule has 0 aromatic rings. The number of unbranched alkanes of at least 4 members (excludes halogenated alkanes) is 1. The van der Waals surface area contributed by atoms with Crippen LogP contribution >= 0.6 is 0 Å². The van der Waals surface area contributed by atoms with Crippen LogP contribution in [0.4, 0.5) is 0 Å². The molecule has 1 N–H and O–H groups in total. The fourth-order valence-corrected chi connectivity index (χ4v) is 2.29. The van der Waals surface area contributed by atoms with E-state index in [0.717, 1.165) is 38.5 Å². The summed E-state index contributed by atoms with van der Waals surface area (Å²) in [5, 5.41) is 9.94. The molecule has 1 aliphatic rings. The summed E-state index contributed by atoms with van der Waals surface area (Å²) < 4.78 is 10.4. The number of rotatable bonds is 7. The lowest BCUT2D eigenvalue weighted by Gasteiger charge is -2.17. The molecule has 0 radical (unpaired) electrons. The van der Waals surface area contributed by atoms with Crippen molar-refractivity contribution in [3.8, 4) is 0 Å². The van der Waals surface area contributed by atoms with Crippen molar-refractivity contribution < 1.29 is 14.6 Å². The molecule has 1 aliphatic carbocycles. The number of hydrogen-bond acceptors (Lipinski definition) is 3. The van der Waals surface area contributed by atoms with Gasteiger partial charge in [-0.3, -0.25) is 0 Å². The summed E-state index contributed by atoms with van der Waals surface area (Å²) in [7, 11) is 1.64. The second-order valence-corrected chi connectivity index (χ2v) is 4.48. The second kappa shape index (κ2) is 7.20. The third-order valence-electron chi connectivity index (χ3n) is 3.24. The van der Waals surface area contributed by atoms with Gasteiger partial charge in [0.25, 0.3) is 0 Å². The lowest BCUT2D eigenvalue weighted by Crippen LogP contribution is -2.19. The monoisotopic (exact) mass is 216 g/mol. The molecule has 90 valence electrons. The van der Waals surface area contributed by atoms with Gasteiger partial charge in [-0.25, -0.2) is 0 Å². The zero-order valence-electron chi connectivity index (χ0n) is 9.95. The maximum Gasteiger partial charge on any atom is 0.146 e. The van der Waals surface area contributed by atoms with E-state index >= 15 is 0 Å². The van der Waals surface area contributed by atoms with Crippen LogP contribution in [0, 0.1) is 5.92 Å². The Bertz CT molecular complexity index is 161. The van der Waals surface area contributed by atoms with E-state index in [1.165, 1.54) is 0 Å². The van der Waals surface area contributed by atoms with Gasteiger partial charge in [-0.2, -0.15) is 0 Å². The summed E-state index contributed by atoms with van der Waals surface area (Å²) in [4.78, 5) is 0. The Labute approximate surface area is 92.8 Å². The van der Waals surface area contributed by atoms with Crippen LogP contribution in [-0.2, 0) is 9.47 Å². The molecule has 0 aliphatic heterocycles. The predicted molar refractivity (Wildman–Crippen MR) is 59.6 cm³/mol. The van der Waals surface area contributed by atoms with E-state index in [1.807, 2.05) is 0 Å². The Morgan fingerprint density at radius 1 is 1.40 bits per heavy atom. The maximum atomic E-state index is 9.94. The highest BCUT2D eigenvalue weighted by Gasteiger charge is 2.29. The highest BCUT2D eigenvalue weighted by atomic mass is 16.7. The Morgan fingerprint density at radius 3 is 2.87 bits per heavy atom. The summed E-state index contributed by atoms with van der Waals surface area (Å²) in [5.74, 6) is 0.443. The normalized spacial score (nSPS) is 28.2. The number of aliphatic hydroxyl groups is 1. The van der Waals surface area contributed by atoms with Crippen LogP contribution in [0.15, 0.2) is 0 Å². The lowest BCUT2D eigenvalue weighted by molar-refractivity contribution is -0.0716. The summed E-state index contributed by atoms with van der Waals surface area (Å²) in [5.41, 5.74) is 0. The Morgan fingerprint density at radius 2 is 2.20 bits per heavy atom. The van der Waals surface area contributed by atoms with Crippen molar-refractivity contribution in [2.75, 3.05) is 13.9 Å². The van der Waals surface area contributed by atoms with Crippen molar-refractivity contribution in [1.82, 2.24) is 0 Å². The first-order chi connectivity index (χ1) is 7.27. The third kappa shape index (κ3) is 4.49. The molecule has 3 heteroatoms. The van der Waals surface area contributed by atoms with Crippen molar-refractivity contribution in [2.45, 2.75) is 57.7 Å². The van der Waals surface area contributed by atoms with E-state index in [0.29, 0.717) is 18.8 Å². The first-order valence-electron chi connectivity index (χ1n) is 6.06. The second-order valence-electron chi connectivity index (χ2n) is 4.48. The molecule has 1 rings (SSSR count). The maximum absolute atomic E-state index is 9.94. The molecular formula is C12H24O3. The van der Waals surface area contributed by atoms with Crippen molar-refractivity contribution in [1.29, 1.82) is 0 Å². The van der Waals surface area contributed by atoms with E-state index in [4.69, 9.17) is 9.47 Å².